The van der Waals surface area contributed by atoms with E-state index in [2.05, 4.69) is 10.3 Å². The van der Waals surface area contributed by atoms with Gasteiger partial charge in [0.05, 0.1) is 12.1 Å². The second-order valence-corrected chi connectivity index (χ2v) is 8.17. The first-order chi connectivity index (χ1) is 13.0. The zero-order valence-electron chi connectivity index (χ0n) is 14.9. The Hall–Kier alpha value is -2.67. The van der Waals surface area contributed by atoms with Crippen LogP contribution in [-0.2, 0) is 9.59 Å². The number of imidazole rings is 1. The van der Waals surface area contributed by atoms with Crippen LogP contribution in [0, 0.1) is 5.41 Å². The summed E-state index contributed by atoms with van der Waals surface area (Å²) in [6.07, 6.45) is 7.90. The number of nitrogens with one attached hydrogen (secondary N) is 1. The molecule has 0 radical (unpaired) electrons. The van der Waals surface area contributed by atoms with Crippen LogP contribution in [0.1, 0.15) is 38.5 Å². The normalized spacial score (nSPS) is 15.9. The third-order valence-electron chi connectivity index (χ3n) is 5.28. The van der Waals surface area contributed by atoms with E-state index in [0.29, 0.717) is 5.69 Å². The molecule has 0 spiro atoms. The highest BCUT2D eigenvalue weighted by atomic mass is 32.1. The number of hydrogen-bond donors (Lipinski definition) is 2. The van der Waals surface area contributed by atoms with Crippen LogP contribution in [0.4, 0.5) is 5.69 Å². The van der Waals surface area contributed by atoms with Gasteiger partial charge in [-0.25, -0.2) is 4.98 Å². The largest absolute Gasteiger partial charge is 0.481 e. The maximum absolute atomic E-state index is 12.5. The predicted octanol–water partition coefficient (Wildman–Crippen LogP) is 4.43. The zero-order valence-corrected chi connectivity index (χ0v) is 15.7. The number of nitrogens with zero attached hydrogens (tertiary/aromatic N) is 2. The maximum atomic E-state index is 12.5. The molecule has 1 aliphatic carbocycles. The van der Waals surface area contributed by atoms with Crippen molar-refractivity contribution in [2.24, 2.45) is 5.41 Å². The fourth-order valence-electron chi connectivity index (χ4n) is 4.00. The average Bonchev–Trinajstić information content (AvgIpc) is 3.31. The van der Waals surface area contributed by atoms with Gasteiger partial charge in [-0.15, -0.1) is 11.3 Å². The highest BCUT2D eigenvalue weighted by molar-refractivity contribution is 7.15. The van der Waals surface area contributed by atoms with Crippen molar-refractivity contribution in [3.8, 4) is 11.3 Å². The third-order valence-corrected chi connectivity index (χ3v) is 6.05. The van der Waals surface area contributed by atoms with Gasteiger partial charge in [-0.05, 0) is 30.4 Å². The van der Waals surface area contributed by atoms with E-state index in [9.17, 15) is 14.7 Å². The summed E-state index contributed by atoms with van der Waals surface area (Å²) in [6, 6.07) is 7.59. The summed E-state index contributed by atoms with van der Waals surface area (Å²) in [5.41, 5.74) is 2.21. The summed E-state index contributed by atoms with van der Waals surface area (Å²) >= 11 is 1.59. The minimum Gasteiger partial charge on any atom is -0.481 e. The van der Waals surface area contributed by atoms with Crippen LogP contribution in [0.5, 0.6) is 0 Å². The summed E-state index contributed by atoms with van der Waals surface area (Å²) in [4.78, 5) is 29.2. The number of carbonyl (C=O) groups is 2. The number of benzene rings is 1. The van der Waals surface area contributed by atoms with E-state index in [1.54, 1.807) is 11.3 Å². The van der Waals surface area contributed by atoms with Crippen LogP contribution in [-0.4, -0.2) is 26.4 Å². The minimum absolute atomic E-state index is 0.0663. The standard InChI is InChI=1S/C20H21N3O3S/c24-17(11-20(12-18(25)26)7-1-2-8-20)21-15-5-3-14(4-6-15)16-13-23-9-10-27-19(23)22-16/h3-6,9-10,13H,1-2,7-8,11-12H2,(H,21,24)(H,25,26). The topological polar surface area (TPSA) is 83.7 Å². The Labute approximate surface area is 160 Å². The minimum atomic E-state index is -0.825. The second kappa shape index (κ2) is 7.15. The maximum Gasteiger partial charge on any atom is 0.303 e. The first-order valence-corrected chi connectivity index (χ1v) is 9.95. The molecule has 3 aromatic rings. The first kappa shape index (κ1) is 17.7. The number of thiazole rings is 1. The van der Waals surface area contributed by atoms with Crippen molar-refractivity contribution >= 4 is 33.9 Å². The molecule has 1 amide bonds. The van der Waals surface area contributed by atoms with Crippen molar-refractivity contribution in [1.82, 2.24) is 9.38 Å². The number of aliphatic carboxylic acids is 1. The average molecular weight is 383 g/mol. The van der Waals surface area contributed by atoms with Gasteiger partial charge in [-0.2, -0.15) is 0 Å². The monoisotopic (exact) mass is 383 g/mol. The van der Waals surface area contributed by atoms with Crippen LogP contribution in [0.2, 0.25) is 0 Å². The van der Waals surface area contributed by atoms with E-state index >= 15 is 0 Å². The van der Waals surface area contributed by atoms with Crippen LogP contribution in [0.25, 0.3) is 16.2 Å². The lowest BCUT2D eigenvalue weighted by atomic mass is 9.79. The summed E-state index contributed by atoms with van der Waals surface area (Å²) in [5.74, 6) is -0.942. The van der Waals surface area contributed by atoms with Crippen LogP contribution >= 0.6 is 11.3 Å². The van der Waals surface area contributed by atoms with Crippen molar-refractivity contribution < 1.29 is 14.7 Å². The van der Waals surface area contributed by atoms with Gasteiger partial charge in [-0.3, -0.25) is 14.0 Å². The number of carboxylic acids is 1. The fourth-order valence-corrected chi connectivity index (χ4v) is 4.70. The molecule has 2 N–H and O–H groups in total. The fraction of sp³-hybridized carbons (Fsp3) is 0.350. The molecule has 1 saturated carbocycles. The zero-order chi connectivity index (χ0) is 18.9. The summed E-state index contributed by atoms with van der Waals surface area (Å²) in [6.45, 7) is 0. The number of hydrogen-bond acceptors (Lipinski definition) is 4. The Balaban J connectivity index is 1.42. The highest BCUT2D eigenvalue weighted by Crippen LogP contribution is 2.44. The number of rotatable bonds is 6. The molecule has 1 aliphatic rings. The molecule has 0 aliphatic heterocycles. The van der Waals surface area contributed by atoms with E-state index in [-0.39, 0.29) is 18.7 Å². The number of amides is 1. The lowest BCUT2D eigenvalue weighted by molar-refractivity contribution is -0.140. The molecule has 4 rings (SSSR count). The smallest absolute Gasteiger partial charge is 0.303 e. The number of aromatic nitrogens is 2. The highest BCUT2D eigenvalue weighted by Gasteiger charge is 2.37. The molecule has 1 aromatic carbocycles. The Morgan fingerprint density at radius 1 is 1.19 bits per heavy atom. The molecule has 2 aromatic heterocycles. The van der Waals surface area contributed by atoms with E-state index < -0.39 is 11.4 Å². The molecule has 27 heavy (non-hydrogen) atoms. The summed E-state index contributed by atoms with van der Waals surface area (Å²) in [7, 11) is 0. The Morgan fingerprint density at radius 2 is 1.93 bits per heavy atom. The Bertz CT molecular complexity index is 939. The van der Waals surface area contributed by atoms with Gasteiger partial charge in [-0.1, -0.05) is 25.0 Å². The molecule has 140 valence electrons. The molecular formula is C20H21N3O3S. The quantitative estimate of drug-likeness (QED) is 0.660. The van der Waals surface area contributed by atoms with E-state index in [1.807, 2.05) is 46.4 Å². The molecule has 0 saturated heterocycles. The Kier molecular flexibility index (Phi) is 4.70. The lowest BCUT2D eigenvalue weighted by Crippen LogP contribution is -2.27. The number of carbonyl (C=O) groups excluding carboxylic acids is 1. The molecule has 0 bridgehead atoms. The van der Waals surface area contributed by atoms with E-state index in [1.165, 1.54) is 0 Å². The number of fused-ring (bicyclic) bond motifs is 1. The van der Waals surface area contributed by atoms with Crippen molar-refractivity contribution in [3.05, 3.63) is 42.0 Å². The van der Waals surface area contributed by atoms with Gasteiger partial charge < -0.3 is 10.4 Å². The molecule has 7 heteroatoms. The van der Waals surface area contributed by atoms with Crippen LogP contribution in [0.3, 0.4) is 0 Å². The molecular weight excluding hydrogens is 362 g/mol. The lowest BCUT2D eigenvalue weighted by Gasteiger charge is -2.26. The third kappa shape index (κ3) is 3.88. The van der Waals surface area contributed by atoms with Crippen LogP contribution in [0.15, 0.2) is 42.0 Å². The van der Waals surface area contributed by atoms with Crippen molar-refractivity contribution in [3.63, 3.8) is 0 Å². The molecule has 0 unspecified atom stereocenters. The predicted molar refractivity (Wildman–Crippen MR) is 105 cm³/mol. The van der Waals surface area contributed by atoms with E-state index in [0.717, 1.165) is 41.9 Å². The van der Waals surface area contributed by atoms with Gasteiger partial charge in [0.25, 0.3) is 0 Å². The van der Waals surface area contributed by atoms with Crippen molar-refractivity contribution in [2.45, 2.75) is 38.5 Å². The van der Waals surface area contributed by atoms with Gasteiger partial charge in [0.15, 0.2) is 4.96 Å². The second-order valence-electron chi connectivity index (χ2n) is 7.30. The van der Waals surface area contributed by atoms with E-state index in [4.69, 9.17) is 0 Å². The van der Waals surface area contributed by atoms with Crippen molar-refractivity contribution in [1.29, 1.82) is 0 Å². The number of anilines is 1. The van der Waals surface area contributed by atoms with Crippen molar-refractivity contribution in [2.75, 3.05) is 5.32 Å². The molecule has 6 nitrogen and oxygen atoms in total. The molecule has 0 atom stereocenters. The van der Waals surface area contributed by atoms with Gasteiger partial charge in [0.2, 0.25) is 5.91 Å². The van der Waals surface area contributed by atoms with Crippen LogP contribution < -0.4 is 5.32 Å². The Morgan fingerprint density at radius 3 is 2.59 bits per heavy atom. The van der Waals surface area contributed by atoms with Gasteiger partial charge >= 0.3 is 5.97 Å². The SMILES string of the molecule is O=C(O)CC1(CC(=O)Nc2ccc(-c3cn4ccsc4n3)cc2)CCCC1. The molecule has 2 heterocycles. The first-order valence-electron chi connectivity index (χ1n) is 9.07. The molecule has 1 fully saturated rings. The summed E-state index contributed by atoms with van der Waals surface area (Å²) in [5, 5.41) is 14.1. The summed E-state index contributed by atoms with van der Waals surface area (Å²) < 4.78 is 1.99. The van der Waals surface area contributed by atoms with Gasteiger partial charge in [0, 0.05) is 35.4 Å². The number of carboxylic acid groups (broad SMARTS) is 1. The van der Waals surface area contributed by atoms with Gasteiger partial charge in [0.1, 0.15) is 0 Å².